The summed E-state index contributed by atoms with van der Waals surface area (Å²) in [6, 6.07) is 12.1. The monoisotopic (exact) mass is 332 g/mol. The molecule has 126 valence electrons. The van der Waals surface area contributed by atoms with Crippen LogP contribution in [0.5, 0.6) is 0 Å². The Hall–Kier alpha value is -2.50. The number of aromatic nitrogens is 1. The van der Waals surface area contributed by atoms with E-state index in [-0.39, 0.29) is 17.5 Å². The third-order valence-electron chi connectivity index (χ3n) is 4.18. The van der Waals surface area contributed by atoms with E-state index in [0.717, 1.165) is 18.2 Å². The van der Waals surface area contributed by atoms with E-state index in [1.54, 1.807) is 12.1 Å². The van der Waals surface area contributed by atoms with Crippen LogP contribution in [-0.4, -0.2) is 16.1 Å². The number of halogens is 2. The maximum atomic E-state index is 13.3. The Morgan fingerprint density at radius 1 is 1.29 bits per heavy atom. The average Bonchev–Trinajstić information content (AvgIpc) is 3.34. The summed E-state index contributed by atoms with van der Waals surface area (Å²) in [7, 11) is 0. The van der Waals surface area contributed by atoms with Crippen molar-refractivity contribution in [3.05, 3.63) is 59.4 Å². The highest BCUT2D eigenvalue weighted by atomic mass is 19.3. The van der Waals surface area contributed by atoms with Gasteiger partial charge < -0.3 is 10.4 Å². The number of carboxylic acids is 1. The molecule has 0 bridgehead atoms. The second kappa shape index (κ2) is 6.19. The highest BCUT2D eigenvalue weighted by Crippen LogP contribution is 2.47. The summed E-state index contributed by atoms with van der Waals surface area (Å²) in [5.74, 6) is -3.88. The summed E-state index contributed by atoms with van der Waals surface area (Å²) in [5, 5.41) is 12.1. The molecule has 0 spiro atoms. The standard InChI is InChI=1S/C18H18F2N2O2/c1-18(19,20)16-4-2-3-13(22-16)10-21-12-7-5-11(6-8-12)14-9-15(14)17(23)24/h2-8,14-15,21H,9-10H2,1H3,(H,23,24)/t14-,15+/m0/s1. The number of nitrogens with one attached hydrogen (secondary N) is 1. The number of nitrogens with zero attached hydrogens (tertiary/aromatic N) is 1. The molecule has 1 saturated carbocycles. The van der Waals surface area contributed by atoms with Gasteiger partial charge in [0, 0.05) is 12.6 Å². The lowest BCUT2D eigenvalue weighted by Gasteiger charge is -2.12. The number of anilines is 1. The largest absolute Gasteiger partial charge is 0.481 e. The van der Waals surface area contributed by atoms with Gasteiger partial charge in [-0.2, -0.15) is 8.78 Å². The van der Waals surface area contributed by atoms with Crippen molar-refractivity contribution in [3.63, 3.8) is 0 Å². The van der Waals surface area contributed by atoms with Gasteiger partial charge >= 0.3 is 5.97 Å². The quantitative estimate of drug-likeness (QED) is 0.839. The molecule has 3 rings (SSSR count). The second-order valence-corrected chi connectivity index (χ2v) is 6.17. The average molecular weight is 332 g/mol. The number of alkyl halides is 2. The van der Waals surface area contributed by atoms with Gasteiger partial charge in [-0.25, -0.2) is 4.98 Å². The first-order valence-electron chi connectivity index (χ1n) is 7.75. The number of hydrogen-bond acceptors (Lipinski definition) is 3. The van der Waals surface area contributed by atoms with Gasteiger partial charge in [-0.1, -0.05) is 18.2 Å². The summed E-state index contributed by atoms with van der Waals surface area (Å²) < 4.78 is 26.6. The Kier molecular flexibility index (Phi) is 4.22. The fourth-order valence-corrected chi connectivity index (χ4v) is 2.70. The van der Waals surface area contributed by atoms with Gasteiger partial charge in [-0.15, -0.1) is 0 Å². The summed E-state index contributed by atoms with van der Waals surface area (Å²) in [5.41, 5.74) is 2.14. The summed E-state index contributed by atoms with van der Waals surface area (Å²) in [4.78, 5) is 14.9. The lowest BCUT2D eigenvalue weighted by atomic mass is 10.1. The van der Waals surface area contributed by atoms with Gasteiger partial charge in [0.25, 0.3) is 5.92 Å². The van der Waals surface area contributed by atoms with Gasteiger partial charge in [0.2, 0.25) is 0 Å². The Labute approximate surface area is 138 Å². The molecule has 2 N–H and O–H groups in total. The number of benzene rings is 1. The van der Waals surface area contributed by atoms with Crippen LogP contribution in [0, 0.1) is 5.92 Å². The molecule has 4 nitrogen and oxygen atoms in total. The molecule has 1 aliphatic rings. The molecule has 0 radical (unpaired) electrons. The van der Waals surface area contributed by atoms with Crippen molar-refractivity contribution in [2.45, 2.75) is 31.7 Å². The molecule has 6 heteroatoms. The number of rotatable bonds is 6. The molecule has 1 fully saturated rings. The molecule has 0 unspecified atom stereocenters. The number of pyridine rings is 1. The predicted octanol–water partition coefficient (Wildman–Crippen LogP) is 3.99. The van der Waals surface area contributed by atoms with E-state index < -0.39 is 11.9 Å². The molecule has 1 aromatic heterocycles. The second-order valence-electron chi connectivity index (χ2n) is 6.17. The summed E-state index contributed by atoms with van der Waals surface area (Å²) in [6.07, 6.45) is 0.685. The molecular formula is C18H18F2N2O2. The topological polar surface area (TPSA) is 62.2 Å². The van der Waals surface area contributed by atoms with E-state index >= 15 is 0 Å². The Balaban J connectivity index is 1.60. The zero-order valence-corrected chi connectivity index (χ0v) is 13.2. The Morgan fingerprint density at radius 3 is 2.58 bits per heavy atom. The van der Waals surface area contributed by atoms with Crippen LogP contribution in [0.4, 0.5) is 14.5 Å². The molecular weight excluding hydrogens is 314 g/mol. The van der Waals surface area contributed by atoms with E-state index in [9.17, 15) is 13.6 Å². The number of hydrogen-bond donors (Lipinski definition) is 2. The van der Waals surface area contributed by atoms with E-state index in [4.69, 9.17) is 5.11 Å². The Bertz CT molecular complexity index is 741. The minimum atomic E-state index is -2.96. The molecule has 2 atom stereocenters. The van der Waals surface area contributed by atoms with E-state index in [1.807, 2.05) is 24.3 Å². The molecule has 2 aromatic rings. The van der Waals surface area contributed by atoms with E-state index in [2.05, 4.69) is 10.3 Å². The van der Waals surface area contributed by atoms with Crippen molar-refractivity contribution in [2.75, 3.05) is 5.32 Å². The number of aliphatic carboxylic acids is 1. The van der Waals surface area contributed by atoms with Crippen molar-refractivity contribution < 1.29 is 18.7 Å². The van der Waals surface area contributed by atoms with Crippen LogP contribution in [0.2, 0.25) is 0 Å². The molecule has 1 heterocycles. The van der Waals surface area contributed by atoms with E-state index in [1.165, 1.54) is 6.07 Å². The SMILES string of the molecule is CC(F)(F)c1cccc(CNc2ccc([C@@H]3C[C@H]3C(=O)O)cc2)n1. The minimum absolute atomic E-state index is 0.0988. The van der Waals surface area contributed by atoms with Crippen LogP contribution < -0.4 is 5.32 Å². The maximum Gasteiger partial charge on any atom is 0.307 e. The van der Waals surface area contributed by atoms with E-state index in [0.29, 0.717) is 18.7 Å². The highest BCUT2D eigenvalue weighted by Gasteiger charge is 2.43. The molecule has 1 aromatic carbocycles. The van der Waals surface area contributed by atoms with Crippen molar-refractivity contribution in [1.82, 2.24) is 4.98 Å². The third-order valence-corrected chi connectivity index (χ3v) is 4.18. The van der Waals surface area contributed by atoms with Crippen molar-refractivity contribution in [2.24, 2.45) is 5.92 Å². The van der Waals surface area contributed by atoms with Gasteiger partial charge in [0.1, 0.15) is 5.69 Å². The van der Waals surface area contributed by atoms with Crippen LogP contribution >= 0.6 is 0 Å². The van der Waals surface area contributed by atoms with Crippen molar-refractivity contribution in [3.8, 4) is 0 Å². The Morgan fingerprint density at radius 2 is 2.00 bits per heavy atom. The first-order chi connectivity index (χ1) is 11.3. The zero-order chi connectivity index (χ0) is 17.3. The first kappa shape index (κ1) is 16.4. The molecule has 24 heavy (non-hydrogen) atoms. The maximum absolute atomic E-state index is 13.3. The predicted molar refractivity (Wildman–Crippen MR) is 86.1 cm³/mol. The van der Waals surface area contributed by atoms with Gasteiger partial charge in [0.05, 0.1) is 18.2 Å². The number of carbonyl (C=O) groups is 1. The van der Waals surface area contributed by atoms with Crippen LogP contribution in [0.1, 0.15) is 36.2 Å². The molecule has 0 amide bonds. The highest BCUT2D eigenvalue weighted by molar-refractivity contribution is 5.75. The smallest absolute Gasteiger partial charge is 0.307 e. The fraction of sp³-hybridized carbons (Fsp3) is 0.333. The van der Waals surface area contributed by atoms with Crippen molar-refractivity contribution >= 4 is 11.7 Å². The van der Waals surface area contributed by atoms with Gasteiger partial charge in [-0.3, -0.25) is 4.79 Å². The van der Waals surface area contributed by atoms with Crippen LogP contribution in [-0.2, 0) is 17.3 Å². The third kappa shape index (κ3) is 3.69. The molecule has 0 saturated heterocycles. The van der Waals surface area contributed by atoms with Gasteiger partial charge in [-0.05, 0) is 42.2 Å². The zero-order valence-electron chi connectivity index (χ0n) is 13.2. The van der Waals surface area contributed by atoms with Crippen molar-refractivity contribution in [1.29, 1.82) is 0 Å². The summed E-state index contributed by atoms with van der Waals surface area (Å²) in [6.45, 7) is 1.16. The van der Waals surface area contributed by atoms with Crippen LogP contribution in [0.25, 0.3) is 0 Å². The lowest BCUT2D eigenvalue weighted by Crippen LogP contribution is -2.12. The number of carboxylic acid groups (broad SMARTS) is 1. The van der Waals surface area contributed by atoms with Crippen LogP contribution in [0.15, 0.2) is 42.5 Å². The molecule has 1 aliphatic carbocycles. The first-order valence-corrected chi connectivity index (χ1v) is 7.75. The summed E-state index contributed by atoms with van der Waals surface area (Å²) >= 11 is 0. The normalized spacial score (nSPS) is 19.8. The molecule has 0 aliphatic heterocycles. The fourth-order valence-electron chi connectivity index (χ4n) is 2.70. The minimum Gasteiger partial charge on any atom is -0.481 e. The van der Waals surface area contributed by atoms with Gasteiger partial charge in [0.15, 0.2) is 0 Å². The van der Waals surface area contributed by atoms with Crippen LogP contribution in [0.3, 0.4) is 0 Å². The lowest BCUT2D eigenvalue weighted by molar-refractivity contribution is -0.138.